The zero-order valence-corrected chi connectivity index (χ0v) is 17.9. The fourth-order valence-corrected chi connectivity index (χ4v) is 3.66. The van der Waals surface area contributed by atoms with Gasteiger partial charge in [-0.25, -0.2) is 8.78 Å². The van der Waals surface area contributed by atoms with Crippen molar-refractivity contribution in [2.45, 2.75) is 6.54 Å². The minimum Gasteiger partial charge on any atom is -0.496 e. The smallest absolute Gasteiger partial charge is 0.278 e. The van der Waals surface area contributed by atoms with Crippen LogP contribution in [0.15, 0.2) is 72.4 Å². The summed E-state index contributed by atoms with van der Waals surface area (Å²) in [6.07, 6.45) is 0. The number of carbonyl (C=O) groups is 2. The quantitative estimate of drug-likeness (QED) is 0.542. The van der Waals surface area contributed by atoms with Crippen molar-refractivity contribution in [2.75, 3.05) is 19.5 Å². The lowest BCUT2D eigenvalue weighted by atomic mass is 10.0. The second-order valence-electron chi connectivity index (χ2n) is 7.21. The summed E-state index contributed by atoms with van der Waals surface area (Å²) >= 11 is 0. The van der Waals surface area contributed by atoms with E-state index in [-0.39, 0.29) is 23.5 Å². The van der Waals surface area contributed by atoms with Gasteiger partial charge in [0, 0.05) is 22.9 Å². The minimum absolute atomic E-state index is 0.0384. The normalized spacial score (nSPS) is 13.5. The Morgan fingerprint density at radius 3 is 2.18 bits per heavy atom. The molecule has 8 heteroatoms. The number of nitrogens with zero attached hydrogens (tertiary/aromatic N) is 1. The van der Waals surface area contributed by atoms with Crippen LogP contribution < -0.4 is 14.8 Å². The average molecular weight is 450 g/mol. The maximum Gasteiger partial charge on any atom is 0.278 e. The molecule has 33 heavy (non-hydrogen) atoms. The maximum absolute atomic E-state index is 13.8. The summed E-state index contributed by atoms with van der Waals surface area (Å²) in [7, 11) is 2.96. The number of hydrogen-bond donors (Lipinski definition) is 1. The van der Waals surface area contributed by atoms with Crippen molar-refractivity contribution in [3.63, 3.8) is 0 Å². The van der Waals surface area contributed by atoms with Crippen LogP contribution >= 0.6 is 0 Å². The number of rotatable bonds is 7. The maximum atomic E-state index is 13.8. The third kappa shape index (κ3) is 4.15. The molecule has 0 saturated heterocycles. The van der Waals surface area contributed by atoms with E-state index in [0.29, 0.717) is 22.6 Å². The van der Waals surface area contributed by atoms with E-state index < -0.39 is 23.4 Å². The first-order valence-electron chi connectivity index (χ1n) is 10.0. The molecule has 0 spiro atoms. The first-order chi connectivity index (χ1) is 15.9. The summed E-state index contributed by atoms with van der Waals surface area (Å²) in [6, 6.07) is 16.9. The minimum atomic E-state index is -1.08. The van der Waals surface area contributed by atoms with E-state index in [1.807, 2.05) is 0 Å². The highest BCUT2D eigenvalue weighted by Gasteiger charge is 2.40. The van der Waals surface area contributed by atoms with E-state index in [2.05, 4.69) is 5.32 Å². The first-order valence-corrected chi connectivity index (χ1v) is 10.0. The number of imide groups is 1. The number of methoxy groups -OCH3 is 2. The lowest BCUT2D eigenvalue weighted by Crippen LogP contribution is -2.32. The highest BCUT2D eigenvalue weighted by atomic mass is 19.2. The van der Waals surface area contributed by atoms with Crippen LogP contribution in [0, 0.1) is 11.6 Å². The number of anilines is 1. The molecule has 1 heterocycles. The Kier molecular flexibility index (Phi) is 6.08. The van der Waals surface area contributed by atoms with Crippen LogP contribution in [0.4, 0.5) is 14.5 Å². The predicted octanol–water partition coefficient (Wildman–Crippen LogP) is 4.37. The molecule has 1 aliphatic rings. The SMILES string of the molecule is COc1ccccc1CN1C(=O)C(Nc2ccc(F)c(F)c2)=C(c2ccccc2OC)C1=O. The van der Waals surface area contributed by atoms with Crippen LogP contribution in [-0.2, 0) is 16.1 Å². The Bertz CT molecular complexity index is 1270. The highest BCUT2D eigenvalue weighted by Crippen LogP contribution is 2.36. The molecule has 0 radical (unpaired) electrons. The highest BCUT2D eigenvalue weighted by molar-refractivity contribution is 6.36. The summed E-state index contributed by atoms with van der Waals surface area (Å²) in [5, 5.41) is 2.81. The number of halogens is 2. The molecule has 0 atom stereocenters. The van der Waals surface area contributed by atoms with Crippen LogP contribution in [0.3, 0.4) is 0 Å². The number of amides is 2. The Labute approximate surface area is 189 Å². The van der Waals surface area contributed by atoms with Crippen molar-refractivity contribution in [3.05, 3.63) is 95.2 Å². The van der Waals surface area contributed by atoms with Gasteiger partial charge >= 0.3 is 0 Å². The Morgan fingerprint density at radius 1 is 0.818 bits per heavy atom. The van der Waals surface area contributed by atoms with Crippen molar-refractivity contribution in [3.8, 4) is 11.5 Å². The summed E-state index contributed by atoms with van der Waals surface area (Å²) in [6.45, 7) is -0.0384. The Hall–Kier alpha value is -4.20. The molecule has 3 aromatic rings. The van der Waals surface area contributed by atoms with Gasteiger partial charge < -0.3 is 14.8 Å². The van der Waals surface area contributed by atoms with Gasteiger partial charge in [-0.05, 0) is 24.3 Å². The molecule has 2 amide bonds. The third-order valence-corrected chi connectivity index (χ3v) is 5.25. The molecule has 4 rings (SSSR count). The first kappa shape index (κ1) is 22.0. The van der Waals surface area contributed by atoms with Crippen molar-refractivity contribution in [2.24, 2.45) is 0 Å². The number of para-hydroxylation sites is 2. The van der Waals surface area contributed by atoms with Gasteiger partial charge in [-0.15, -0.1) is 0 Å². The van der Waals surface area contributed by atoms with E-state index in [9.17, 15) is 18.4 Å². The van der Waals surface area contributed by atoms with E-state index in [0.717, 1.165) is 17.0 Å². The molecule has 0 fully saturated rings. The van der Waals surface area contributed by atoms with E-state index in [4.69, 9.17) is 9.47 Å². The van der Waals surface area contributed by atoms with E-state index in [1.54, 1.807) is 48.5 Å². The molecule has 0 aromatic heterocycles. The molecule has 0 bridgehead atoms. The van der Waals surface area contributed by atoms with Crippen molar-refractivity contribution in [1.82, 2.24) is 4.90 Å². The molecule has 168 valence electrons. The van der Waals surface area contributed by atoms with Gasteiger partial charge in [0.2, 0.25) is 0 Å². The molecule has 0 unspecified atom stereocenters. The van der Waals surface area contributed by atoms with Crippen LogP contribution in [0.5, 0.6) is 11.5 Å². The molecule has 0 saturated carbocycles. The Morgan fingerprint density at radius 2 is 1.48 bits per heavy atom. The van der Waals surface area contributed by atoms with Crippen LogP contribution in [0.25, 0.3) is 5.57 Å². The molecule has 6 nitrogen and oxygen atoms in total. The molecule has 3 aromatic carbocycles. The van der Waals surface area contributed by atoms with Crippen LogP contribution in [0.1, 0.15) is 11.1 Å². The standard InChI is InChI=1S/C25H20F2N2O4/c1-32-20-9-5-3-7-15(20)14-29-24(30)22(17-8-4-6-10-21(17)33-2)23(25(29)31)28-16-11-12-18(26)19(27)13-16/h3-13,28H,14H2,1-2H3. The summed E-state index contributed by atoms with van der Waals surface area (Å²) in [5.74, 6) is -2.36. The van der Waals surface area contributed by atoms with Gasteiger partial charge in [-0.1, -0.05) is 36.4 Å². The fraction of sp³-hybridized carbons (Fsp3) is 0.120. The van der Waals surface area contributed by atoms with E-state index in [1.165, 1.54) is 20.3 Å². The lowest BCUT2D eigenvalue weighted by Gasteiger charge is -2.17. The fourth-order valence-electron chi connectivity index (χ4n) is 3.66. The van der Waals surface area contributed by atoms with Gasteiger partial charge in [0.05, 0.1) is 26.3 Å². The number of nitrogens with one attached hydrogen (secondary N) is 1. The topological polar surface area (TPSA) is 67.9 Å². The molecular weight excluding hydrogens is 430 g/mol. The number of benzene rings is 3. The van der Waals surface area contributed by atoms with Gasteiger partial charge in [0.15, 0.2) is 11.6 Å². The number of ether oxygens (including phenoxy) is 2. The van der Waals surface area contributed by atoms with Crippen molar-refractivity contribution >= 4 is 23.1 Å². The van der Waals surface area contributed by atoms with Crippen molar-refractivity contribution in [1.29, 1.82) is 0 Å². The lowest BCUT2D eigenvalue weighted by molar-refractivity contribution is -0.137. The zero-order chi connectivity index (χ0) is 23.5. The average Bonchev–Trinajstić information content (AvgIpc) is 3.05. The predicted molar refractivity (Wildman–Crippen MR) is 118 cm³/mol. The molecular formula is C25H20F2N2O4. The second kappa shape index (κ2) is 9.12. The summed E-state index contributed by atoms with van der Waals surface area (Å²) < 4.78 is 37.9. The largest absolute Gasteiger partial charge is 0.496 e. The van der Waals surface area contributed by atoms with Crippen LogP contribution in [-0.4, -0.2) is 30.9 Å². The van der Waals surface area contributed by atoms with E-state index >= 15 is 0 Å². The van der Waals surface area contributed by atoms with Crippen LogP contribution in [0.2, 0.25) is 0 Å². The van der Waals surface area contributed by atoms with Gasteiger partial charge in [0.25, 0.3) is 11.8 Å². The monoisotopic (exact) mass is 450 g/mol. The van der Waals surface area contributed by atoms with Gasteiger partial charge in [-0.2, -0.15) is 0 Å². The number of carbonyl (C=O) groups excluding carboxylic acids is 2. The molecule has 0 aliphatic carbocycles. The second-order valence-corrected chi connectivity index (χ2v) is 7.21. The molecule has 1 N–H and O–H groups in total. The van der Waals surface area contributed by atoms with Gasteiger partial charge in [-0.3, -0.25) is 14.5 Å². The van der Waals surface area contributed by atoms with Crippen molar-refractivity contribution < 1.29 is 27.8 Å². The van der Waals surface area contributed by atoms with Gasteiger partial charge in [0.1, 0.15) is 17.2 Å². The summed E-state index contributed by atoms with van der Waals surface area (Å²) in [5.41, 5.74) is 1.15. The summed E-state index contributed by atoms with van der Waals surface area (Å²) in [4.78, 5) is 28.0. The third-order valence-electron chi connectivity index (χ3n) is 5.25. The molecule has 1 aliphatic heterocycles. The Balaban J connectivity index is 1.80. The zero-order valence-electron chi connectivity index (χ0n) is 17.9. The number of hydrogen-bond acceptors (Lipinski definition) is 5.